The second-order valence-corrected chi connectivity index (χ2v) is 13.9. The monoisotopic (exact) mass is 664 g/mol. The fourth-order valence-corrected chi connectivity index (χ4v) is 11.3. The number of benzene rings is 3. The van der Waals surface area contributed by atoms with Crippen molar-refractivity contribution in [2.45, 2.75) is 48.5 Å². The predicted molar refractivity (Wildman–Crippen MR) is 158 cm³/mol. The van der Waals surface area contributed by atoms with Gasteiger partial charge in [-0.3, -0.25) is 0 Å². The molecule has 0 N–H and O–H groups in total. The maximum absolute atomic E-state index is 5.88. The van der Waals surface area contributed by atoms with E-state index in [4.69, 9.17) is 14.2 Å². The quantitative estimate of drug-likeness (QED) is 0.115. The third-order valence-corrected chi connectivity index (χ3v) is 13.4. The van der Waals surface area contributed by atoms with Crippen LogP contribution in [0.5, 0.6) is 17.2 Å². The van der Waals surface area contributed by atoms with Gasteiger partial charge in [0, 0.05) is 0 Å². The molecule has 218 valence electrons. The van der Waals surface area contributed by atoms with E-state index in [1.165, 1.54) is 43.0 Å². The van der Waals surface area contributed by atoms with E-state index in [9.17, 15) is 0 Å². The molecule has 4 aromatic rings. The Balaban J connectivity index is 0.00000400. The van der Waals surface area contributed by atoms with Crippen molar-refractivity contribution in [1.29, 1.82) is 0 Å². The summed E-state index contributed by atoms with van der Waals surface area (Å²) >= 11 is 0. The van der Waals surface area contributed by atoms with Crippen molar-refractivity contribution in [2.24, 2.45) is 0 Å². The van der Waals surface area contributed by atoms with Gasteiger partial charge in [0.05, 0.1) is 21.3 Å². The van der Waals surface area contributed by atoms with Crippen molar-refractivity contribution in [1.82, 2.24) is 0 Å². The number of aryl methyl sites for hydroxylation is 3. The Bertz CT molecular complexity index is 1330. The van der Waals surface area contributed by atoms with Crippen molar-refractivity contribution in [3.63, 3.8) is 0 Å². The van der Waals surface area contributed by atoms with E-state index in [-0.39, 0.29) is 58.9 Å². The summed E-state index contributed by atoms with van der Waals surface area (Å²) in [6, 6.07) is 20.3. The number of hydrogen-bond acceptors (Lipinski definition) is 3. The maximum Gasteiger partial charge on any atom is 4.00 e. The molecule has 0 unspecified atom stereocenters. The summed E-state index contributed by atoms with van der Waals surface area (Å²) in [7, 11) is 2.42. The molecule has 0 radical (unpaired) electrons. The fraction of sp³-hybridized carbons (Fsp3) is 0.303. The molecular formula is C33H39Cl3O3SiTi. The summed E-state index contributed by atoms with van der Waals surface area (Å²) in [5.41, 5.74) is 8.82. The Kier molecular flexibility index (Phi) is 14.9. The Morgan fingerprint density at radius 3 is 1.10 bits per heavy atom. The molecule has 0 heterocycles. The molecule has 0 bridgehead atoms. The zero-order chi connectivity index (χ0) is 27.1. The molecule has 0 saturated heterocycles. The van der Waals surface area contributed by atoms with Crippen molar-refractivity contribution in [2.75, 3.05) is 21.3 Å². The number of ether oxygens (including phenoxy) is 3. The molecule has 0 aliphatic rings. The van der Waals surface area contributed by atoms with Crippen LogP contribution in [0.1, 0.15) is 38.9 Å². The van der Waals surface area contributed by atoms with Gasteiger partial charge in [-0.25, -0.2) is 0 Å². The topological polar surface area (TPSA) is 27.7 Å². The zero-order valence-corrected chi connectivity index (χ0v) is 30.4. The molecule has 0 atom stereocenters. The van der Waals surface area contributed by atoms with E-state index >= 15 is 0 Å². The second-order valence-electron chi connectivity index (χ2n) is 10.2. The van der Waals surface area contributed by atoms with Crippen molar-refractivity contribution >= 4 is 28.8 Å². The maximum atomic E-state index is 5.88. The Hall–Kier alpha value is -1.79. The first-order valence-corrected chi connectivity index (χ1v) is 14.8. The van der Waals surface area contributed by atoms with E-state index < -0.39 is 8.07 Å². The van der Waals surface area contributed by atoms with Crippen LogP contribution in [0.4, 0.5) is 0 Å². The SMILES string of the molecule is COc1cc([Si](c2ccc(C)c(OC)c2)(c2ccc(C)c(OC)c2)c2c(C)c(C)c(C)[c-]2C)ccc1C.[Cl-].[Cl-].[Cl-].[Ti+4]. The van der Waals surface area contributed by atoms with Gasteiger partial charge in [0.2, 0.25) is 0 Å². The van der Waals surface area contributed by atoms with Gasteiger partial charge in [-0.1, -0.05) is 64.1 Å². The molecular weight excluding hydrogens is 627 g/mol. The summed E-state index contributed by atoms with van der Waals surface area (Å²) in [4.78, 5) is 0. The van der Waals surface area contributed by atoms with Crippen LogP contribution in [-0.2, 0) is 21.7 Å². The van der Waals surface area contributed by atoms with Gasteiger partial charge in [-0.2, -0.15) is 27.4 Å². The minimum Gasteiger partial charge on any atom is -1.00 e. The molecule has 4 rings (SSSR count). The summed E-state index contributed by atoms with van der Waals surface area (Å²) in [5.74, 6) is 2.72. The molecule has 0 saturated carbocycles. The van der Waals surface area contributed by atoms with E-state index in [0.29, 0.717) is 0 Å². The predicted octanol–water partition coefficient (Wildman–Crippen LogP) is -4.02. The van der Waals surface area contributed by atoms with Crippen LogP contribution >= 0.6 is 0 Å². The van der Waals surface area contributed by atoms with Crippen LogP contribution < -0.4 is 72.2 Å². The van der Waals surface area contributed by atoms with Gasteiger partial charge in [0.1, 0.15) is 17.2 Å². The van der Waals surface area contributed by atoms with Gasteiger partial charge in [0.15, 0.2) is 8.07 Å². The average Bonchev–Trinajstić information content (AvgIpc) is 3.09. The van der Waals surface area contributed by atoms with E-state index in [1.807, 2.05) is 0 Å². The number of methoxy groups -OCH3 is 3. The van der Waals surface area contributed by atoms with E-state index in [2.05, 4.69) is 103 Å². The minimum atomic E-state index is -2.85. The zero-order valence-electron chi connectivity index (χ0n) is 25.6. The third kappa shape index (κ3) is 6.59. The Morgan fingerprint density at radius 1 is 0.537 bits per heavy atom. The first-order chi connectivity index (χ1) is 17.6. The summed E-state index contributed by atoms with van der Waals surface area (Å²) in [6.45, 7) is 15.4. The molecule has 3 nitrogen and oxygen atoms in total. The third-order valence-electron chi connectivity index (χ3n) is 8.34. The summed E-state index contributed by atoms with van der Waals surface area (Å²) in [6.07, 6.45) is 0. The smallest absolute Gasteiger partial charge is 1.00 e. The van der Waals surface area contributed by atoms with Crippen molar-refractivity contribution < 1.29 is 73.1 Å². The molecule has 0 aliphatic carbocycles. The average molecular weight is 666 g/mol. The van der Waals surface area contributed by atoms with E-state index in [0.717, 1.165) is 33.9 Å². The van der Waals surface area contributed by atoms with Crippen LogP contribution in [0.3, 0.4) is 0 Å². The van der Waals surface area contributed by atoms with Crippen LogP contribution in [0.25, 0.3) is 0 Å². The van der Waals surface area contributed by atoms with Crippen LogP contribution in [0.2, 0.25) is 0 Å². The number of hydrogen-bond donors (Lipinski definition) is 0. The summed E-state index contributed by atoms with van der Waals surface area (Å²) in [5, 5.41) is 5.28. The van der Waals surface area contributed by atoms with Gasteiger partial charge < -0.3 is 51.4 Å². The Labute approximate surface area is 280 Å². The fourth-order valence-electron chi connectivity index (χ4n) is 5.87. The molecule has 8 heteroatoms. The molecule has 0 spiro atoms. The number of rotatable bonds is 7. The molecule has 0 fully saturated rings. The second kappa shape index (κ2) is 15.6. The van der Waals surface area contributed by atoms with Gasteiger partial charge in [0.25, 0.3) is 0 Å². The normalized spacial score (nSPS) is 10.4. The van der Waals surface area contributed by atoms with Crippen LogP contribution in [0, 0.1) is 48.5 Å². The van der Waals surface area contributed by atoms with Crippen molar-refractivity contribution in [3.05, 3.63) is 93.5 Å². The molecule has 4 aromatic carbocycles. The van der Waals surface area contributed by atoms with Gasteiger partial charge in [-0.15, -0.1) is 0 Å². The van der Waals surface area contributed by atoms with Crippen molar-refractivity contribution in [3.8, 4) is 17.2 Å². The van der Waals surface area contributed by atoms with Crippen LogP contribution in [-0.4, -0.2) is 29.4 Å². The largest absolute Gasteiger partial charge is 4.00 e. The molecule has 0 aromatic heterocycles. The van der Waals surface area contributed by atoms with Crippen LogP contribution in [0.15, 0.2) is 54.6 Å². The van der Waals surface area contributed by atoms with Gasteiger partial charge in [-0.05, 0) is 71.2 Å². The minimum absolute atomic E-state index is 0. The standard InChI is InChI=1S/C33H39O3Si.3ClH.Ti/c1-20-11-14-27(17-30(20)34-8)37(28-15-12-21(2)31(18-28)35-9,29-16-13-22(3)32(19-29)36-10)33-25(6)23(4)24(5)26(33)7;;;;/h11-19H,1-10H3;3*1H;/q-1;;;;+4/p-3. The first kappa shape index (κ1) is 39.2. The molecule has 41 heavy (non-hydrogen) atoms. The molecule has 0 aliphatic heterocycles. The number of halogens is 3. The van der Waals surface area contributed by atoms with E-state index in [1.54, 1.807) is 21.3 Å². The first-order valence-electron chi connectivity index (χ1n) is 12.8. The Morgan fingerprint density at radius 2 is 0.854 bits per heavy atom. The summed E-state index contributed by atoms with van der Waals surface area (Å²) < 4.78 is 17.6. The van der Waals surface area contributed by atoms with Gasteiger partial charge >= 0.3 is 21.7 Å². The molecule has 0 amide bonds.